The fourth-order valence-corrected chi connectivity index (χ4v) is 3.12. The van der Waals surface area contributed by atoms with Gasteiger partial charge in [0.1, 0.15) is 0 Å². The van der Waals surface area contributed by atoms with Crippen LogP contribution in [0.25, 0.3) is 6.08 Å². The van der Waals surface area contributed by atoms with Crippen LogP contribution in [0.1, 0.15) is 44.1 Å². The first kappa shape index (κ1) is 18.3. The van der Waals surface area contributed by atoms with Crippen molar-refractivity contribution in [3.8, 4) is 11.5 Å². The predicted octanol–water partition coefficient (Wildman–Crippen LogP) is 4.01. The van der Waals surface area contributed by atoms with Gasteiger partial charge in [-0.3, -0.25) is 0 Å². The fourth-order valence-electron chi connectivity index (χ4n) is 2.02. The van der Waals surface area contributed by atoms with Crippen LogP contribution in [0, 0.1) is 0 Å². The molecular formula is C17H24O4S. The molecule has 4 nitrogen and oxygen atoms in total. The number of aromatic hydroxyl groups is 2. The van der Waals surface area contributed by atoms with Gasteiger partial charge in [-0.15, -0.1) is 6.58 Å². The molecule has 0 radical (unpaired) electrons. The molecule has 0 aromatic heterocycles. The van der Waals surface area contributed by atoms with Crippen molar-refractivity contribution in [2.75, 3.05) is 5.75 Å². The molecule has 2 N–H and O–H groups in total. The van der Waals surface area contributed by atoms with Gasteiger partial charge in [0.25, 0.3) is 0 Å². The van der Waals surface area contributed by atoms with E-state index in [2.05, 4.69) is 6.58 Å². The van der Waals surface area contributed by atoms with Crippen LogP contribution in [-0.4, -0.2) is 24.4 Å². The lowest BCUT2D eigenvalue weighted by Crippen LogP contribution is -2.01. The molecule has 0 aliphatic rings. The van der Waals surface area contributed by atoms with Gasteiger partial charge in [-0.05, 0) is 43.0 Å². The van der Waals surface area contributed by atoms with E-state index in [1.807, 2.05) is 6.08 Å². The smallest absolute Gasteiger partial charge is 0.171 e. The van der Waals surface area contributed by atoms with E-state index < -0.39 is 9.84 Å². The standard InChI is InChI=1S/C17H24O4S/c1-2-3-4-5-6-7-8-12-22(20,21)13-11-15-9-10-16(18)17(19)14-15/h2,9-11,13-14,18-19H,1,3-8,12H2/b13-11+. The molecule has 0 aliphatic carbocycles. The van der Waals surface area contributed by atoms with Crippen molar-refractivity contribution in [3.63, 3.8) is 0 Å². The molecule has 0 fully saturated rings. The Hall–Kier alpha value is -1.75. The average molecular weight is 324 g/mol. The number of phenolic OH excluding ortho intramolecular Hbond substituents is 2. The molecule has 0 saturated heterocycles. The largest absolute Gasteiger partial charge is 0.504 e. The summed E-state index contributed by atoms with van der Waals surface area (Å²) in [4.78, 5) is 0. The van der Waals surface area contributed by atoms with Crippen LogP contribution in [0.5, 0.6) is 11.5 Å². The van der Waals surface area contributed by atoms with Gasteiger partial charge in [0.05, 0.1) is 5.75 Å². The normalized spacial score (nSPS) is 11.8. The first-order valence-corrected chi connectivity index (χ1v) is 9.20. The van der Waals surface area contributed by atoms with E-state index in [1.165, 1.54) is 18.2 Å². The summed E-state index contributed by atoms with van der Waals surface area (Å²) in [5.41, 5.74) is 0.531. The second-order valence-corrected chi connectivity index (χ2v) is 7.27. The number of sulfone groups is 1. The van der Waals surface area contributed by atoms with Crippen LogP contribution in [0.4, 0.5) is 0 Å². The Balaban J connectivity index is 2.38. The predicted molar refractivity (Wildman–Crippen MR) is 90.5 cm³/mol. The van der Waals surface area contributed by atoms with Gasteiger partial charge in [-0.1, -0.05) is 31.4 Å². The highest BCUT2D eigenvalue weighted by atomic mass is 32.2. The topological polar surface area (TPSA) is 74.6 Å². The number of benzene rings is 1. The van der Waals surface area contributed by atoms with Gasteiger partial charge < -0.3 is 10.2 Å². The molecular weight excluding hydrogens is 300 g/mol. The number of allylic oxidation sites excluding steroid dienone is 1. The molecule has 0 heterocycles. The van der Waals surface area contributed by atoms with Gasteiger partial charge in [-0.25, -0.2) is 8.42 Å². The molecule has 5 heteroatoms. The zero-order valence-electron chi connectivity index (χ0n) is 12.7. The second-order valence-electron chi connectivity index (χ2n) is 5.26. The Morgan fingerprint density at radius 3 is 2.36 bits per heavy atom. The molecule has 1 rings (SSSR count). The maximum atomic E-state index is 11.9. The summed E-state index contributed by atoms with van der Waals surface area (Å²) < 4.78 is 23.8. The van der Waals surface area contributed by atoms with E-state index in [0.717, 1.165) is 37.5 Å². The minimum Gasteiger partial charge on any atom is -0.504 e. The highest BCUT2D eigenvalue weighted by Gasteiger charge is 2.06. The van der Waals surface area contributed by atoms with Gasteiger partial charge in [-0.2, -0.15) is 0 Å². The van der Waals surface area contributed by atoms with Crippen LogP contribution < -0.4 is 0 Å². The summed E-state index contributed by atoms with van der Waals surface area (Å²) in [5.74, 6) is -0.356. The third kappa shape index (κ3) is 7.31. The summed E-state index contributed by atoms with van der Waals surface area (Å²) >= 11 is 0. The molecule has 0 unspecified atom stereocenters. The van der Waals surface area contributed by atoms with Crippen LogP contribution in [0.2, 0.25) is 0 Å². The van der Waals surface area contributed by atoms with E-state index in [1.54, 1.807) is 6.07 Å². The summed E-state index contributed by atoms with van der Waals surface area (Å²) in [5, 5.41) is 19.7. The van der Waals surface area contributed by atoms with Crippen LogP contribution >= 0.6 is 0 Å². The van der Waals surface area contributed by atoms with Crippen molar-refractivity contribution in [2.45, 2.75) is 38.5 Å². The van der Waals surface area contributed by atoms with E-state index in [-0.39, 0.29) is 17.3 Å². The second kappa shape index (κ2) is 9.30. The first-order chi connectivity index (χ1) is 10.4. The van der Waals surface area contributed by atoms with Crippen molar-refractivity contribution >= 4 is 15.9 Å². The third-order valence-corrected chi connectivity index (χ3v) is 4.71. The van der Waals surface area contributed by atoms with Crippen LogP contribution in [-0.2, 0) is 9.84 Å². The molecule has 0 spiro atoms. The molecule has 1 aromatic carbocycles. The fraction of sp³-hybridized carbons (Fsp3) is 0.412. The first-order valence-electron chi connectivity index (χ1n) is 7.48. The number of hydrogen-bond acceptors (Lipinski definition) is 4. The molecule has 122 valence electrons. The van der Waals surface area contributed by atoms with E-state index in [4.69, 9.17) is 0 Å². The maximum Gasteiger partial charge on any atom is 0.171 e. The van der Waals surface area contributed by atoms with Crippen molar-refractivity contribution in [1.29, 1.82) is 0 Å². The molecule has 0 saturated carbocycles. The summed E-state index contributed by atoms with van der Waals surface area (Å²) in [6.45, 7) is 3.67. The van der Waals surface area contributed by atoms with E-state index >= 15 is 0 Å². The maximum absolute atomic E-state index is 11.9. The number of unbranched alkanes of at least 4 members (excludes halogenated alkanes) is 5. The summed E-state index contributed by atoms with van der Waals surface area (Å²) in [7, 11) is -3.24. The van der Waals surface area contributed by atoms with Crippen molar-refractivity contribution in [1.82, 2.24) is 0 Å². The molecule has 1 aromatic rings. The van der Waals surface area contributed by atoms with E-state index in [9.17, 15) is 18.6 Å². The Labute approximate surface area is 132 Å². The minimum absolute atomic E-state index is 0.134. The van der Waals surface area contributed by atoms with Gasteiger partial charge in [0, 0.05) is 5.41 Å². The Morgan fingerprint density at radius 2 is 1.68 bits per heavy atom. The Bertz CT molecular complexity index is 603. The SMILES string of the molecule is C=CCCCCCCCS(=O)(=O)/C=C/c1ccc(O)c(O)c1. The third-order valence-electron chi connectivity index (χ3n) is 3.30. The number of hydrogen-bond donors (Lipinski definition) is 2. The lowest BCUT2D eigenvalue weighted by molar-refractivity contribution is 0.403. The molecule has 0 atom stereocenters. The molecule has 0 amide bonds. The molecule has 0 bridgehead atoms. The monoisotopic (exact) mass is 324 g/mol. The lowest BCUT2D eigenvalue weighted by Gasteiger charge is -2.01. The van der Waals surface area contributed by atoms with Crippen molar-refractivity contribution < 1.29 is 18.6 Å². The number of phenols is 2. The quantitative estimate of drug-likeness (QED) is 0.387. The minimum atomic E-state index is -3.24. The van der Waals surface area contributed by atoms with Crippen molar-refractivity contribution in [3.05, 3.63) is 41.8 Å². The lowest BCUT2D eigenvalue weighted by atomic mass is 10.1. The Kier molecular flexibility index (Phi) is 7.74. The van der Waals surface area contributed by atoms with Gasteiger partial charge >= 0.3 is 0 Å². The molecule has 22 heavy (non-hydrogen) atoms. The van der Waals surface area contributed by atoms with Crippen molar-refractivity contribution in [2.24, 2.45) is 0 Å². The molecule has 0 aliphatic heterocycles. The average Bonchev–Trinajstić information content (AvgIpc) is 2.48. The summed E-state index contributed by atoms with van der Waals surface area (Å²) in [6.07, 6.45) is 9.16. The summed E-state index contributed by atoms with van der Waals surface area (Å²) in [6, 6.07) is 4.19. The number of rotatable bonds is 10. The zero-order valence-corrected chi connectivity index (χ0v) is 13.6. The van der Waals surface area contributed by atoms with Gasteiger partial charge in [0.15, 0.2) is 21.3 Å². The van der Waals surface area contributed by atoms with E-state index in [0.29, 0.717) is 12.0 Å². The highest BCUT2D eigenvalue weighted by molar-refractivity contribution is 7.94. The van der Waals surface area contributed by atoms with Crippen LogP contribution in [0.3, 0.4) is 0 Å². The van der Waals surface area contributed by atoms with Crippen LogP contribution in [0.15, 0.2) is 36.3 Å². The van der Waals surface area contributed by atoms with Gasteiger partial charge in [0.2, 0.25) is 0 Å². The Morgan fingerprint density at radius 1 is 1.00 bits per heavy atom. The highest BCUT2D eigenvalue weighted by Crippen LogP contribution is 2.25. The zero-order chi connectivity index (χ0) is 16.4.